The minimum atomic E-state index is -0.989. The van der Waals surface area contributed by atoms with Gasteiger partial charge in [0.15, 0.2) is 0 Å². The van der Waals surface area contributed by atoms with Crippen molar-refractivity contribution in [3.8, 4) is 0 Å². The fourth-order valence-electron chi connectivity index (χ4n) is 3.64. The zero-order chi connectivity index (χ0) is 23.3. The van der Waals surface area contributed by atoms with Crippen LogP contribution in [0.5, 0.6) is 0 Å². The maximum Gasteiger partial charge on any atom is 0.328 e. The quantitative estimate of drug-likeness (QED) is 0.464. The number of fused-ring (bicyclic) bond motifs is 1. The van der Waals surface area contributed by atoms with E-state index in [9.17, 15) is 24.0 Å². The molecule has 0 bridgehead atoms. The lowest BCUT2D eigenvalue weighted by atomic mass is 10.1. The number of hydrogen-bond acceptors (Lipinski definition) is 7. The van der Waals surface area contributed by atoms with Crippen molar-refractivity contribution in [3.63, 3.8) is 0 Å². The van der Waals surface area contributed by atoms with Crippen molar-refractivity contribution in [2.24, 2.45) is 0 Å². The van der Waals surface area contributed by atoms with Crippen molar-refractivity contribution in [1.29, 1.82) is 0 Å². The van der Waals surface area contributed by atoms with Gasteiger partial charge >= 0.3 is 5.97 Å². The highest BCUT2D eigenvalue weighted by Gasteiger charge is 2.37. The third-order valence-corrected chi connectivity index (χ3v) is 5.30. The predicted octanol–water partition coefficient (Wildman–Crippen LogP) is 0.202. The number of likely N-dealkylation sites (tertiary alicyclic amines) is 1. The lowest BCUT2D eigenvalue weighted by Gasteiger charge is -2.24. The summed E-state index contributed by atoms with van der Waals surface area (Å²) in [6.07, 6.45) is 2.39. The Labute approximate surface area is 184 Å². The van der Waals surface area contributed by atoms with E-state index in [1.165, 1.54) is 25.1 Å². The maximum absolute atomic E-state index is 12.7. The average Bonchev–Trinajstić information content (AvgIpc) is 3.30. The fourth-order valence-corrected chi connectivity index (χ4v) is 3.64. The van der Waals surface area contributed by atoms with E-state index < -0.39 is 41.6 Å². The molecule has 2 aromatic rings. The van der Waals surface area contributed by atoms with Gasteiger partial charge in [0.05, 0.1) is 24.7 Å². The van der Waals surface area contributed by atoms with Gasteiger partial charge in [-0.25, -0.2) is 4.79 Å². The molecule has 1 aliphatic rings. The van der Waals surface area contributed by atoms with Gasteiger partial charge in [0, 0.05) is 18.1 Å². The van der Waals surface area contributed by atoms with E-state index in [0.717, 1.165) is 0 Å². The molecule has 2 atom stereocenters. The maximum atomic E-state index is 12.7. The summed E-state index contributed by atoms with van der Waals surface area (Å²) >= 11 is 0. The molecule has 168 valence electrons. The number of esters is 1. The molecule has 2 heterocycles. The summed E-state index contributed by atoms with van der Waals surface area (Å²) < 4.78 is 4.52. The molecule has 0 spiro atoms. The zero-order valence-corrected chi connectivity index (χ0v) is 17.8. The second kappa shape index (κ2) is 9.99. The number of amides is 3. The Morgan fingerprint density at radius 2 is 1.94 bits per heavy atom. The largest absolute Gasteiger partial charge is 0.467 e. The number of para-hydroxylation sites is 1. The van der Waals surface area contributed by atoms with Gasteiger partial charge in [-0.05, 0) is 31.9 Å². The summed E-state index contributed by atoms with van der Waals surface area (Å²) in [6.45, 7) is 1.37. The van der Waals surface area contributed by atoms with E-state index in [0.29, 0.717) is 35.9 Å². The summed E-state index contributed by atoms with van der Waals surface area (Å²) in [4.78, 5) is 67.1. The van der Waals surface area contributed by atoms with Gasteiger partial charge in [-0.1, -0.05) is 18.2 Å². The van der Waals surface area contributed by atoms with Crippen molar-refractivity contribution in [2.45, 2.75) is 31.8 Å². The van der Waals surface area contributed by atoms with Crippen LogP contribution in [0.2, 0.25) is 0 Å². The summed E-state index contributed by atoms with van der Waals surface area (Å²) in [5, 5.41) is 5.52. The van der Waals surface area contributed by atoms with Crippen LogP contribution in [-0.4, -0.2) is 71.6 Å². The zero-order valence-electron chi connectivity index (χ0n) is 17.8. The van der Waals surface area contributed by atoms with Gasteiger partial charge in [0.2, 0.25) is 11.7 Å². The van der Waals surface area contributed by atoms with Crippen molar-refractivity contribution in [2.75, 3.05) is 20.2 Å². The highest BCUT2D eigenvalue weighted by Crippen LogP contribution is 2.19. The van der Waals surface area contributed by atoms with E-state index in [1.54, 1.807) is 24.3 Å². The van der Waals surface area contributed by atoms with Gasteiger partial charge in [-0.3, -0.25) is 24.2 Å². The topological polar surface area (TPSA) is 135 Å². The van der Waals surface area contributed by atoms with E-state index in [-0.39, 0.29) is 6.54 Å². The lowest BCUT2D eigenvalue weighted by Crippen LogP contribution is -2.51. The number of benzene rings is 1. The number of hydrogen-bond donors (Lipinski definition) is 2. The van der Waals surface area contributed by atoms with Crippen LogP contribution in [0.25, 0.3) is 10.9 Å². The van der Waals surface area contributed by atoms with Crippen molar-refractivity contribution < 1.29 is 28.7 Å². The van der Waals surface area contributed by atoms with Crippen LogP contribution in [-0.2, 0) is 23.9 Å². The number of ketones is 1. The number of aromatic nitrogens is 1. The van der Waals surface area contributed by atoms with Crippen LogP contribution in [0, 0.1) is 0 Å². The molecule has 0 unspecified atom stereocenters. The molecule has 32 heavy (non-hydrogen) atoms. The molecule has 1 fully saturated rings. The molecule has 10 heteroatoms. The van der Waals surface area contributed by atoms with Crippen LogP contribution in [0.15, 0.2) is 36.5 Å². The van der Waals surface area contributed by atoms with Crippen molar-refractivity contribution >= 4 is 40.4 Å². The Hall–Kier alpha value is -3.82. The number of nitrogens with zero attached hydrogens (tertiary/aromatic N) is 2. The van der Waals surface area contributed by atoms with Gasteiger partial charge < -0.3 is 20.3 Å². The first kappa shape index (κ1) is 22.9. The minimum Gasteiger partial charge on any atom is -0.467 e. The second-order valence-corrected chi connectivity index (χ2v) is 7.39. The van der Waals surface area contributed by atoms with Crippen LogP contribution in [0.1, 0.15) is 30.1 Å². The third kappa shape index (κ3) is 4.90. The molecule has 1 aliphatic heterocycles. The first-order valence-electron chi connectivity index (χ1n) is 10.2. The summed E-state index contributed by atoms with van der Waals surface area (Å²) in [5.74, 6) is -3.36. The van der Waals surface area contributed by atoms with E-state index in [2.05, 4.69) is 20.4 Å². The molecular weight excluding hydrogens is 416 g/mol. The number of carbonyl (C=O) groups excluding carboxylic acids is 5. The monoisotopic (exact) mass is 440 g/mol. The Balaban J connectivity index is 1.61. The Morgan fingerprint density at radius 3 is 2.69 bits per heavy atom. The van der Waals surface area contributed by atoms with Crippen molar-refractivity contribution in [1.82, 2.24) is 20.5 Å². The summed E-state index contributed by atoms with van der Waals surface area (Å²) in [6, 6.07) is 6.79. The Morgan fingerprint density at radius 1 is 1.19 bits per heavy atom. The van der Waals surface area contributed by atoms with Crippen LogP contribution >= 0.6 is 0 Å². The molecule has 3 rings (SSSR count). The fraction of sp³-hybridized carbons (Fsp3) is 0.364. The first-order chi connectivity index (χ1) is 15.3. The van der Waals surface area contributed by atoms with Gasteiger partial charge in [-0.2, -0.15) is 0 Å². The van der Waals surface area contributed by atoms with E-state index >= 15 is 0 Å². The molecule has 0 saturated carbocycles. The molecule has 0 aliphatic carbocycles. The normalized spacial score (nSPS) is 16.3. The average molecular weight is 440 g/mol. The van der Waals surface area contributed by atoms with Crippen molar-refractivity contribution in [3.05, 3.63) is 42.1 Å². The van der Waals surface area contributed by atoms with Gasteiger partial charge in [0.25, 0.3) is 11.8 Å². The number of methoxy groups -OCH3 is 1. The molecule has 3 amide bonds. The van der Waals surface area contributed by atoms with Crippen LogP contribution in [0.3, 0.4) is 0 Å². The first-order valence-corrected chi connectivity index (χ1v) is 10.2. The molecular formula is C22H24N4O6. The standard InChI is InChI=1S/C22H24N4O6/c1-13(22(31)32-2)25-21(30)19(28)17-8-5-11-26(17)18(27)12-24-20(29)15-9-10-23-16-7-4-3-6-14(15)16/h3-4,6-7,9-10,13,17H,5,8,11-12H2,1-2H3,(H,24,29)(H,25,30)/t13-,17-/m0/s1. The molecule has 2 N–H and O–H groups in total. The number of Topliss-reactive ketones (excluding diaryl/α,β-unsaturated/α-hetero) is 1. The smallest absolute Gasteiger partial charge is 0.328 e. The second-order valence-electron chi connectivity index (χ2n) is 7.39. The minimum absolute atomic E-state index is 0.295. The number of pyridine rings is 1. The third-order valence-electron chi connectivity index (χ3n) is 5.30. The SMILES string of the molecule is COC(=O)[C@H](C)NC(=O)C(=O)[C@@H]1CCCN1C(=O)CNC(=O)c1ccnc2ccccc12. The molecule has 1 saturated heterocycles. The number of ether oxygens (including phenoxy) is 1. The van der Waals surface area contributed by atoms with Crippen LogP contribution < -0.4 is 10.6 Å². The van der Waals surface area contributed by atoms with Gasteiger partial charge in [-0.15, -0.1) is 0 Å². The van der Waals surface area contributed by atoms with E-state index in [4.69, 9.17) is 0 Å². The summed E-state index contributed by atoms with van der Waals surface area (Å²) in [7, 11) is 1.17. The molecule has 10 nitrogen and oxygen atoms in total. The van der Waals surface area contributed by atoms with E-state index in [1.807, 2.05) is 6.07 Å². The molecule has 1 aromatic carbocycles. The lowest BCUT2D eigenvalue weighted by molar-refractivity contribution is -0.148. The predicted molar refractivity (Wildman–Crippen MR) is 113 cm³/mol. The molecule has 0 radical (unpaired) electrons. The van der Waals surface area contributed by atoms with Gasteiger partial charge in [0.1, 0.15) is 12.1 Å². The highest BCUT2D eigenvalue weighted by atomic mass is 16.5. The number of rotatable bonds is 7. The highest BCUT2D eigenvalue weighted by molar-refractivity contribution is 6.38. The Bertz CT molecular complexity index is 1060. The van der Waals surface area contributed by atoms with Crippen LogP contribution in [0.4, 0.5) is 0 Å². The number of carbonyl (C=O) groups is 5. The Kier molecular flexibility index (Phi) is 7.14. The molecule has 1 aromatic heterocycles. The number of nitrogens with one attached hydrogen (secondary N) is 2. The summed E-state index contributed by atoms with van der Waals surface area (Å²) in [5.41, 5.74) is 1.04.